The van der Waals surface area contributed by atoms with Gasteiger partial charge in [-0.2, -0.15) is 0 Å². The summed E-state index contributed by atoms with van der Waals surface area (Å²) in [6, 6.07) is 10.0. The highest BCUT2D eigenvalue weighted by Gasteiger charge is 2.37. The van der Waals surface area contributed by atoms with Crippen molar-refractivity contribution in [2.45, 2.75) is 36.0 Å². The minimum Gasteiger partial charge on any atom is -0.497 e. The van der Waals surface area contributed by atoms with Crippen LogP contribution in [0.25, 0.3) is 0 Å². The summed E-state index contributed by atoms with van der Waals surface area (Å²) >= 11 is 0. The number of hydrogen-bond acceptors (Lipinski definition) is 3. The summed E-state index contributed by atoms with van der Waals surface area (Å²) in [7, 11) is -2.48. The van der Waals surface area contributed by atoms with Crippen LogP contribution in [0.4, 0.5) is 8.78 Å². The first-order chi connectivity index (χ1) is 12.4. The van der Waals surface area contributed by atoms with Crippen LogP contribution in [0.2, 0.25) is 0 Å². The molecule has 0 bridgehead atoms. The molecule has 0 radical (unpaired) electrons. The molecule has 140 valence electrons. The molecule has 0 atom stereocenters. The molecule has 1 saturated carbocycles. The summed E-state index contributed by atoms with van der Waals surface area (Å²) in [5.41, 5.74) is 0.689. The average molecular weight is 381 g/mol. The van der Waals surface area contributed by atoms with Gasteiger partial charge in [0.1, 0.15) is 22.3 Å². The van der Waals surface area contributed by atoms with E-state index >= 15 is 0 Å². The Morgan fingerprint density at radius 3 is 2.31 bits per heavy atom. The number of rotatable bonds is 6. The van der Waals surface area contributed by atoms with E-state index in [-0.39, 0.29) is 12.0 Å². The maximum absolute atomic E-state index is 13.9. The lowest BCUT2D eigenvalue weighted by Gasteiger charge is -2.30. The molecule has 2 aromatic rings. The number of ether oxygens (including phenoxy) is 1. The van der Waals surface area contributed by atoms with Gasteiger partial charge in [0.25, 0.3) is 0 Å². The number of halogens is 2. The van der Waals surface area contributed by atoms with Crippen LogP contribution < -0.4 is 9.46 Å². The second kappa shape index (κ2) is 7.32. The van der Waals surface area contributed by atoms with Crippen LogP contribution in [0.3, 0.4) is 0 Å². The highest BCUT2D eigenvalue weighted by Crippen LogP contribution is 2.41. The van der Waals surface area contributed by atoms with E-state index in [9.17, 15) is 17.2 Å². The number of nitrogens with one attached hydrogen (secondary N) is 1. The Kier molecular flexibility index (Phi) is 5.29. The molecule has 0 unspecified atom stereocenters. The van der Waals surface area contributed by atoms with E-state index in [1.807, 2.05) is 24.3 Å². The summed E-state index contributed by atoms with van der Waals surface area (Å²) in [6.45, 7) is 0.165. The molecule has 0 aromatic heterocycles. The van der Waals surface area contributed by atoms with Crippen molar-refractivity contribution in [2.75, 3.05) is 13.7 Å². The fourth-order valence-corrected chi connectivity index (χ4v) is 4.75. The van der Waals surface area contributed by atoms with Gasteiger partial charge in [-0.3, -0.25) is 0 Å². The van der Waals surface area contributed by atoms with E-state index in [2.05, 4.69) is 4.72 Å². The van der Waals surface area contributed by atoms with Crippen LogP contribution in [-0.2, 0) is 15.4 Å². The lowest BCUT2D eigenvalue weighted by Crippen LogP contribution is -2.39. The van der Waals surface area contributed by atoms with E-state index in [4.69, 9.17) is 4.74 Å². The van der Waals surface area contributed by atoms with Crippen molar-refractivity contribution in [2.24, 2.45) is 0 Å². The van der Waals surface area contributed by atoms with Crippen LogP contribution in [0, 0.1) is 11.6 Å². The lowest BCUT2D eigenvalue weighted by molar-refractivity contribution is 0.410. The topological polar surface area (TPSA) is 55.4 Å². The van der Waals surface area contributed by atoms with Gasteiger partial charge in [-0.25, -0.2) is 21.9 Å². The maximum atomic E-state index is 13.9. The minimum atomic E-state index is -4.07. The van der Waals surface area contributed by atoms with Gasteiger partial charge in [0.2, 0.25) is 10.0 Å². The van der Waals surface area contributed by atoms with E-state index in [0.29, 0.717) is 6.07 Å². The quantitative estimate of drug-likeness (QED) is 0.829. The maximum Gasteiger partial charge on any atom is 0.243 e. The van der Waals surface area contributed by atoms with Crippen molar-refractivity contribution >= 4 is 10.0 Å². The zero-order valence-electron chi connectivity index (χ0n) is 14.5. The summed E-state index contributed by atoms with van der Waals surface area (Å²) in [5, 5.41) is 0. The molecule has 2 aromatic carbocycles. The molecule has 0 amide bonds. The van der Waals surface area contributed by atoms with Crippen molar-refractivity contribution < 1.29 is 21.9 Å². The van der Waals surface area contributed by atoms with Crippen LogP contribution in [0.1, 0.15) is 31.2 Å². The predicted octanol–water partition coefficient (Wildman–Crippen LogP) is 3.76. The summed E-state index contributed by atoms with van der Waals surface area (Å²) in [5.74, 6) is -1.18. The molecule has 7 heteroatoms. The molecule has 0 heterocycles. The Labute approximate surface area is 152 Å². The summed E-state index contributed by atoms with van der Waals surface area (Å²) in [4.78, 5) is -0.540. The average Bonchev–Trinajstić information content (AvgIpc) is 3.10. The second-order valence-electron chi connectivity index (χ2n) is 6.62. The smallest absolute Gasteiger partial charge is 0.243 e. The van der Waals surface area contributed by atoms with Crippen molar-refractivity contribution in [3.05, 3.63) is 59.7 Å². The summed E-state index contributed by atoms with van der Waals surface area (Å²) < 4.78 is 59.6. The van der Waals surface area contributed by atoms with Gasteiger partial charge in [0, 0.05) is 18.0 Å². The van der Waals surface area contributed by atoms with E-state index in [1.54, 1.807) is 7.11 Å². The molecule has 4 nitrogen and oxygen atoms in total. The summed E-state index contributed by atoms with van der Waals surface area (Å²) in [6.07, 6.45) is 3.68. The van der Waals surface area contributed by atoms with E-state index in [0.717, 1.165) is 49.1 Å². The molecular formula is C19H21F2NO3S. The third kappa shape index (κ3) is 3.73. The van der Waals surface area contributed by atoms with E-state index < -0.39 is 26.6 Å². The van der Waals surface area contributed by atoms with Gasteiger partial charge >= 0.3 is 0 Å². The third-order valence-electron chi connectivity index (χ3n) is 5.05. The molecule has 1 fully saturated rings. The van der Waals surface area contributed by atoms with E-state index in [1.165, 1.54) is 0 Å². The molecular weight excluding hydrogens is 360 g/mol. The third-order valence-corrected chi connectivity index (χ3v) is 6.48. The molecule has 1 aliphatic carbocycles. The van der Waals surface area contributed by atoms with Gasteiger partial charge < -0.3 is 4.74 Å². The standard InChI is InChI=1S/C19H21F2NO3S/c1-25-16-7-4-14(5-8-16)19(10-2-3-11-19)13-22-26(23,24)18-9-6-15(20)12-17(18)21/h4-9,12,22H,2-3,10-11,13H2,1H3. The van der Waals surface area contributed by atoms with Crippen molar-refractivity contribution in [3.8, 4) is 5.75 Å². The predicted molar refractivity (Wildman–Crippen MR) is 94.7 cm³/mol. The minimum absolute atomic E-state index is 0.165. The highest BCUT2D eigenvalue weighted by atomic mass is 32.2. The molecule has 0 spiro atoms. The van der Waals surface area contributed by atoms with Crippen molar-refractivity contribution in [1.29, 1.82) is 0 Å². The first-order valence-electron chi connectivity index (χ1n) is 8.46. The SMILES string of the molecule is COc1ccc(C2(CNS(=O)(=O)c3ccc(F)cc3F)CCCC2)cc1. The van der Waals surface area contributed by atoms with Crippen molar-refractivity contribution in [1.82, 2.24) is 4.72 Å². The van der Waals surface area contributed by atoms with Crippen LogP contribution >= 0.6 is 0 Å². The zero-order chi connectivity index (χ0) is 18.8. The number of sulfonamides is 1. The molecule has 3 rings (SSSR count). The number of benzene rings is 2. The monoisotopic (exact) mass is 381 g/mol. The van der Waals surface area contributed by atoms with Gasteiger partial charge in [-0.1, -0.05) is 25.0 Å². The highest BCUT2D eigenvalue weighted by molar-refractivity contribution is 7.89. The Hall–Kier alpha value is -1.99. The first kappa shape index (κ1) is 18.8. The van der Waals surface area contributed by atoms with Crippen molar-refractivity contribution in [3.63, 3.8) is 0 Å². The Bertz CT molecular complexity index is 876. The Balaban J connectivity index is 1.84. The Morgan fingerprint density at radius 2 is 1.73 bits per heavy atom. The molecule has 1 N–H and O–H groups in total. The normalized spacial score (nSPS) is 16.6. The van der Waals surface area contributed by atoms with Gasteiger partial charge in [-0.15, -0.1) is 0 Å². The van der Waals surface area contributed by atoms with Crippen LogP contribution in [0.15, 0.2) is 47.4 Å². The van der Waals surface area contributed by atoms with Crippen LogP contribution in [-0.4, -0.2) is 22.1 Å². The molecule has 26 heavy (non-hydrogen) atoms. The van der Waals surface area contributed by atoms with Gasteiger partial charge in [0.05, 0.1) is 7.11 Å². The zero-order valence-corrected chi connectivity index (χ0v) is 15.3. The largest absolute Gasteiger partial charge is 0.497 e. The Morgan fingerprint density at radius 1 is 1.08 bits per heavy atom. The lowest BCUT2D eigenvalue weighted by atomic mass is 9.79. The van der Waals surface area contributed by atoms with Gasteiger partial charge in [-0.05, 0) is 42.7 Å². The second-order valence-corrected chi connectivity index (χ2v) is 8.35. The number of hydrogen-bond donors (Lipinski definition) is 1. The molecule has 0 aliphatic heterocycles. The number of methoxy groups -OCH3 is 1. The van der Waals surface area contributed by atoms with Crippen LogP contribution in [0.5, 0.6) is 5.75 Å². The first-order valence-corrected chi connectivity index (χ1v) is 9.94. The molecule has 1 aliphatic rings. The fraction of sp³-hybridized carbons (Fsp3) is 0.368. The van der Waals surface area contributed by atoms with Gasteiger partial charge in [0.15, 0.2) is 0 Å². The fourth-order valence-electron chi connectivity index (χ4n) is 3.57. The molecule has 0 saturated heterocycles.